The van der Waals surface area contributed by atoms with E-state index in [-0.39, 0.29) is 35.0 Å². The minimum atomic E-state index is -3.39. The van der Waals surface area contributed by atoms with Crippen molar-refractivity contribution in [1.29, 1.82) is 0 Å². The van der Waals surface area contributed by atoms with Gasteiger partial charge in [0.15, 0.2) is 0 Å². The number of hydrogen-bond acceptors (Lipinski definition) is 8. The average molecular weight is 583 g/mol. The third-order valence-electron chi connectivity index (χ3n) is 8.43. The first-order valence-corrected chi connectivity index (χ1v) is 15.1. The van der Waals surface area contributed by atoms with E-state index >= 15 is 0 Å². The van der Waals surface area contributed by atoms with Crippen LogP contribution in [0.25, 0.3) is 22.8 Å². The molecule has 1 aliphatic rings. The highest BCUT2D eigenvalue weighted by atomic mass is 32.2. The van der Waals surface area contributed by atoms with Crippen LogP contribution in [0, 0.1) is 17.0 Å². The second-order valence-electron chi connectivity index (χ2n) is 11.4. The molecule has 216 valence electrons. The quantitative estimate of drug-likeness (QED) is 0.281. The lowest BCUT2D eigenvalue weighted by Crippen LogP contribution is -2.47. The van der Waals surface area contributed by atoms with Gasteiger partial charge in [-0.25, -0.2) is 27.2 Å². The Labute approximate surface area is 238 Å². The molecular weight excluding hydrogens is 550 g/mol. The van der Waals surface area contributed by atoms with Gasteiger partial charge >= 0.3 is 0 Å². The van der Waals surface area contributed by atoms with Crippen molar-refractivity contribution in [2.75, 3.05) is 13.3 Å². The Balaban J connectivity index is 1.60. The van der Waals surface area contributed by atoms with Gasteiger partial charge in [-0.05, 0) is 54.9 Å². The van der Waals surface area contributed by atoms with Gasteiger partial charge in [0.05, 0.1) is 52.8 Å². The van der Waals surface area contributed by atoms with Gasteiger partial charge in [-0.2, -0.15) is 9.40 Å². The lowest BCUT2D eigenvalue weighted by molar-refractivity contribution is 0.152. The first-order valence-electron chi connectivity index (χ1n) is 13.3. The van der Waals surface area contributed by atoms with Crippen molar-refractivity contribution in [3.05, 3.63) is 77.2 Å². The molecule has 41 heavy (non-hydrogen) atoms. The molecule has 0 fully saturated rings. The van der Waals surface area contributed by atoms with E-state index in [2.05, 4.69) is 40.9 Å². The van der Waals surface area contributed by atoms with Gasteiger partial charge in [0, 0.05) is 13.2 Å². The van der Waals surface area contributed by atoms with Crippen LogP contribution >= 0.6 is 0 Å². The van der Waals surface area contributed by atoms with Crippen molar-refractivity contribution in [2.45, 2.75) is 58.4 Å². The second-order valence-corrected chi connectivity index (χ2v) is 13.5. The topological polar surface area (TPSA) is 115 Å². The Bertz CT molecular complexity index is 1700. The van der Waals surface area contributed by atoms with Crippen LogP contribution in [0.4, 0.5) is 8.78 Å². The van der Waals surface area contributed by atoms with Crippen molar-refractivity contribution in [2.24, 2.45) is 5.41 Å². The number of oxazole rings is 1. The zero-order chi connectivity index (χ0) is 29.7. The van der Waals surface area contributed by atoms with Crippen molar-refractivity contribution in [3.63, 3.8) is 0 Å². The molecule has 0 unspecified atom stereocenters. The fourth-order valence-electron chi connectivity index (χ4n) is 5.61. The highest BCUT2D eigenvalue weighted by Crippen LogP contribution is 2.56. The molecule has 0 spiro atoms. The zero-order valence-corrected chi connectivity index (χ0v) is 24.6. The molecule has 0 N–H and O–H groups in total. The van der Waals surface area contributed by atoms with Gasteiger partial charge < -0.3 is 4.42 Å². The van der Waals surface area contributed by atoms with Crippen LogP contribution in [0.1, 0.15) is 69.1 Å². The summed E-state index contributed by atoms with van der Waals surface area (Å²) < 4.78 is 59.7. The molecule has 0 saturated carbocycles. The Kier molecular flexibility index (Phi) is 7.27. The SMILES string of the molecule is CC[C@@H]1CC(C)(C)[C@@](C)(c2cncc(-c3nc(CN(C)S(C)(=O)=O)co3)n2)c2nnc(-c3c(F)cccc3F)cc21. The molecule has 1 aliphatic carbocycles. The summed E-state index contributed by atoms with van der Waals surface area (Å²) in [5.74, 6) is -1.10. The maximum Gasteiger partial charge on any atom is 0.246 e. The summed E-state index contributed by atoms with van der Waals surface area (Å²) in [7, 11) is -1.93. The average Bonchev–Trinajstić information content (AvgIpc) is 3.38. The first-order chi connectivity index (χ1) is 19.3. The molecule has 0 amide bonds. The van der Waals surface area contributed by atoms with Crippen LogP contribution in [-0.2, 0) is 22.0 Å². The van der Waals surface area contributed by atoms with Gasteiger partial charge in [-0.15, -0.1) is 5.10 Å². The third-order valence-corrected chi connectivity index (χ3v) is 9.69. The molecule has 3 aromatic heterocycles. The second kappa shape index (κ2) is 10.3. The zero-order valence-electron chi connectivity index (χ0n) is 23.8. The number of benzene rings is 1. The summed E-state index contributed by atoms with van der Waals surface area (Å²) in [5, 5.41) is 8.92. The molecular formula is C29H32F2N6O3S. The fourth-order valence-corrected chi connectivity index (χ4v) is 5.97. The molecule has 9 nitrogen and oxygen atoms in total. The molecule has 0 aliphatic heterocycles. The molecule has 1 aromatic carbocycles. The lowest BCUT2D eigenvalue weighted by atomic mass is 9.54. The van der Waals surface area contributed by atoms with E-state index in [1.165, 1.54) is 42.0 Å². The summed E-state index contributed by atoms with van der Waals surface area (Å²) in [6.07, 6.45) is 7.30. The fraction of sp³-hybridized carbons (Fsp3) is 0.414. The monoisotopic (exact) mass is 582 g/mol. The first kappa shape index (κ1) is 28.9. The van der Waals surface area contributed by atoms with Crippen LogP contribution < -0.4 is 0 Å². The van der Waals surface area contributed by atoms with Crippen LogP contribution in [0.15, 0.2) is 47.3 Å². The summed E-state index contributed by atoms with van der Waals surface area (Å²) in [6, 6.07) is 5.49. The Morgan fingerprint density at radius 2 is 1.78 bits per heavy atom. The largest absolute Gasteiger partial charge is 0.443 e. The van der Waals surface area contributed by atoms with E-state index < -0.39 is 27.1 Å². The van der Waals surface area contributed by atoms with Gasteiger partial charge in [0.1, 0.15) is 23.6 Å². The van der Waals surface area contributed by atoms with Crippen LogP contribution in [0.3, 0.4) is 0 Å². The van der Waals surface area contributed by atoms with Crippen molar-refractivity contribution in [3.8, 4) is 22.8 Å². The van der Waals surface area contributed by atoms with Gasteiger partial charge in [0.25, 0.3) is 0 Å². The van der Waals surface area contributed by atoms with Gasteiger partial charge in [0.2, 0.25) is 15.9 Å². The Morgan fingerprint density at radius 1 is 1.07 bits per heavy atom. The summed E-state index contributed by atoms with van der Waals surface area (Å²) in [4.78, 5) is 13.8. The van der Waals surface area contributed by atoms with Crippen LogP contribution in [0.5, 0.6) is 0 Å². The van der Waals surface area contributed by atoms with Crippen LogP contribution in [-0.4, -0.2) is 51.2 Å². The molecule has 5 rings (SSSR count). The minimum Gasteiger partial charge on any atom is -0.443 e. The van der Waals surface area contributed by atoms with Crippen molar-refractivity contribution < 1.29 is 21.6 Å². The molecule has 0 saturated heterocycles. The van der Waals surface area contributed by atoms with E-state index in [1.807, 2.05) is 6.92 Å². The highest BCUT2D eigenvalue weighted by molar-refractivity contribution is 7.88. The number of sulfonamides is 1. The normalized spacial score (nSPS) is 20.3. The predicted molar refractivity (Wildman–Crippen MR) is 149 cm³/mol. The maximum atomic E-state index is 14.6. The number of aromatic nitrogens is 5. The lowest BCUT2D eigenvalue weighted by Gasteiger charge is -2.50. The van der Waals surface area contributed by atoms with E-state index in [9.17, 15) is 17.2 Å². The molecule has 2 atom stereocenters. The van der Waals surface area contributed by atoms with E-state index in [0.717, 1.165) is 24.7 Å². The molecule has 12 heteroatoms. The van der Waals surface area contributed by atoms with Gasteiger partial charge in [-0.3, -0.25) is 4.98 Å². The summed E-state index contributed by atoms with van der Waals surface area (Å²) in [5.41, 5.74) is 1.78. The predicted octanol–water partition coefficient (Wildman–Crippen LogP) is 5.49. The highest BCUT2D eigenvalue weighted by Gasteiger charge is 2.52. The molecule has 0 bridgehead atoms. The van der Waals surface area contributed by atoms with Crippen molar-refractivity contribution >= 4 is 10.0 Å². The number of fused-ring (bicyclic) bond motifs is 1. The summed E-state index contributed by atoms with van der Waals surface area (Å²) >= 11 is 0. The van der Waals surface area contributed by atoms with E-state index in [0.29, 0.717) is 22.8 Å². The molecule has 3 heterocycles. The number of rotatable bonds is 7. The minimum absolute atomic E-state index is 0.0481. The number of halogens is 2. The standard InChI is InChI=1S/C29H32F2N6O3S/c1-7-17-12-28(2,3)29(4,26-19(17)11-22(35-36-26)25-20(30)9-8-10-21(25)31)24-14-32-13-23(34-24)27-33-18(16-40-27)15-37(5)41(6,38)39/h8-11,13-14,16-17H,7,12,15H2,1-6H3/t17-,29+/m1/s1. The maximum absolute atomic E-state index is 14.6. The summed E-state index contributed by atoms with van der Waals surface area (Å²) in [6.45, 7) is 8.45. The Hall–Kier alpha value is -3.64. The van der Waals surface area contributed by atoms with E-state index in [1.54, 1.807) is 12.3 Å². The smallest absolute Gasteiger partial charge is 0.246 e. The Morgan fingerprint density at radius 3 is 2.44 bits per heavy atom. The number of hydrogen-bond donors (Lipinski definition) is 0. The van der Waals surface area contributed by atoms with Gasteiger partial charge in [-0.1, -0.05) is 26.8 Å². The number of nitrogens with zero attached hydrogens (tertiary/aromatic N) is 6. The van der Waals surface area contributed by atoms with E-state index in [4.69, 9.17) is 9.40 Å². The third kappa shape index (κ3) is 5.03. The van der Waals surface area contributed by atoms with Crippen LogP contribution in [0.2, 0.25) is 0 Å². The molecule has 0 radical (unpaired) electrons. The molecule has 4 aromatic rings. The van der Waals surface area contributed by atoms with Crippen molar-refractivity contribution in [1.82, 2.24) is 29.5 Å².